The fraction of sp³-hybridized carbons (Fsp3) is 0.167. The highest BCUT2D eigenvalue weighted by Gasteiger charge is 2.06. The van der Waals surface area contributed by atoms with Crippen LogP contribution in [0.3, 0.4) is 0 Å². The number of benzene rings is 2. The molecule has 0 atom stereocenters. The fourth-order valence-corrected chi connectivity index (χ4v) is 2.73. The van der Waals surface area contributed by atoms with Crippen molar-refractivity contribution in [3.63, 3.8) is 0 Å². The van der Waals surface area contributed by atoms with Gasteiger partial charge >= 0.3 is 0 Å². The molecule has 0 spiro atoms. The minimum Gasteiger partial charge on any atom is -0.313 e. The number of fused-ring (bicyclic) bond motifs is 1. The molecule has 0 saturated carbocycles. The highest BCUT2D eigenvalue weighted by molar-refractivity contribution is 6.31. The summed E-state index contributed by atoms with van der Waals surface area (Å²) in [5, 5.41) is 6.44. The van der Waals surface area contributed by atoms with Crippen molar-refractivity contribution in [2.75, 3.05) is 6.54 Å². The number of aromatic nitrogens is 1. The SMILES string of the molecule is CCNCc1ccc(-c2cccc3ccncc23)cc1Cl. The van der Waals surface area contributed by atoms with Crippen molar-refractivity contribution in [3.05, 3.63) is 65.4 Å². The van der Waals surface area contributed by atoms with Crippen LogP contribution in [-0.4, -0.2) is 11.5 Å². The number of hydrogen-bond acceptors (Lipinski definition) is 2. The molecule has 1 aromatic heterocycles. The number of nitrogens with one attached hydrogen (secondary N) is 1. The smallest absolute Gasteiger partial charge is 0.0457 e. The second-order valence-electron chi connectivity index (χ2n) is 4.99. The molecule has 0 saturated heterocycles. The third kappa shape index (κ3) is 2.92. The van der Waals surface area contributed by atoms with Gasteiger partial charge in [0.25, 0.3) is 0 Å². The Hall–Kier alpha value is -1.90. The summed E-state index contributed by atoms with van der Waals surface area (Å²) in [5.74, 6) is 0. The summed E-state index contributed by atoms with van der Waals surface area (Å²) >= 11 is 6.41. The maximum absolute atomic E-state index is 6.41. The van der Waals surface area contributed by atoms with E-state index in [-0.39, 0.29) is 0 Å². The van der Waals surface area contributed by atoms with Gasteiger partial charge in [0.2, 0.25) is 0 Å². The first-order valence-corrected chi connectivity index (χ1v) is 7.49. The van der Waals surface area contributed by atoms with Gasteiger partial charge in [-0.05, 0) is 40.8 Å². The van der Waals surface area contributed by atoms with E-state index in [1.807, 2.05) is 24.5 Å². The predicted molar refractivity (Wildman–Crippen MR) is 89.6 cm³/mol. The number of halogens is 1. The predicted octanol–water partition coefficient (Wildman–Crippen LogP) is 4.66. The second kappa shape index (κ2) is 6.25. The van der Waals surface area contributed by atoms with Crippen molar-refractivity contribution in [1.82, 2.24) is 10.3 Å². The van der Waals surface area contributed by atoms with Gasteiger partial charge in [-0.2, -0.15) is 0 Å². The van der Waals surface area contributed by atoms with Crippen molar-refractivity contribution in [1.29, 1.82) is 0 Å². The van der Waals surface area contributed by atoms with Crippen LogP contribution >= 0.6 is 11.6 Å². The standard InChI is InChI=1S/C18H17ClN2/c1-2-20-11-15-7-6-14(10-18(15)19)16-5-3-4-13-8-9-21-12-17(13)16/h3-10,12,20H,2,11H2,1H3. The highest BCUT2D eigenvalue weighted by Crippen LogP contribution is 2.30. The first-order chi connectivity index (χ1) is 10.3. The van der Waals surface area contributed by atoms with Gasteiger partial charge < -0.3 is 5.32 Å². The number of hydrogen-bond donors (Lipinski definition) is 1. The Balaban J connectivity index is 2.05. The van der Waals surface area contributed by atoms with E-state index >= 15 is 0 Å². The Morgan fingerprint density at radius 2 is 2.05 bits per heavy atom. The zero-order valence-corrected chi connectivity index (χ0v) is 12.7. The van der Waals surface area contributed by atoms with E-state index in [0.29, 0.717) is 0 Å². The molecule has 3 aromatic rings. The highest BCUT2D eigenvalue weighted by atomic mass is 35.5. The quantitative estimate of drug-likeness (QED) is 0.757. The largest absolute Gasteiger partial charge is 0.313 e. The van der Waals surface area contributed by atoms with Crippen LogP contribution in [-0.2, 0) is 6.54 Å². The molecule has 0 radical (unpaired) electrons. The summed E-state index contributed by atoms with van der Waals surface area (Å²) in [5.41, 5.74) is 3.41. The molecule has 0 aliphatic rings. The zero-order chi connectivity index (χ0) is 14.7. The van der Waals surface area contributed by atoms with Crippen molar-refractivity contribution in [3.8, 4) is 11.1 Å². The van der Waals surface area contributed by atoms with Crippen LogP contribution in [0.5, 0.6) is 0 Å². The zero-order valence-electron chi connectivity index (χ0n) is 11.9. The van der Waals surface area contributed by atoms with E-state index < -0.39 is 0 Å². The van der Waals surface area contributed by atoms with E-state index in [9.17, 15) is 0 Å². The average Bonchev–Trinajstić information content (AvgIpc) is 2.53. The maximum atomic E-state index is 6.41. The van der Waals surface area contributed by atoms with Crippen LogP contribution in [0, 0.1) is 0 Å². The molecule has 0 aliphatic carbocycles. The first-order valence-electron chi connectivity index (χ1n) is 7.12. The lowest BCUT2D eigenvalue weighted by Crippen LogP contribution is -2.11. The van der Waals surface area contributed by atoms with Crippen molar-refractivity contribution < 1.29 is 0 Å². The molecule has 0 unspecified atom stereocenters. The summed E-state index contributed by atoms with van der Waals surface area (Å²) in [6.45, 7) is 3.82. The fourth-order valence-electron chi connectivity index (χ4n) is 2.48. The molecule has 106 valence electrons. The summed E-state index contributed by atoms with van der Waals surface area (Å²) < 4.78 is 0. The third-order valence-electron chi connectivity index (χ3n) is 3.61. The summed E-state index contributed by atoms with van der Waals surface area (Å²) in [6, 6.07) is 14.6. The number of nitrogens with zero attached hydrogens (tertiary/aromatic N) is 1. The van der Waals surface area contributed by atoms with Crippen molar-refractivity contribution in [2.24, 2.45) is 0 Å². The number of rotatable bonds is 4. The van der Waals surface area contributed by atoms with Crippen LogP contribution in [0.25, 0.3) is 21.9 Å². The van der Waals surface area contributed by atoms with Gasteiger partial charge in [-0.1, -0.05) is 48.9 Å². The molecule has 3 heteroatoms. The second-order valence-corrected chi connectivity index (χ2v) is 5.40. The van der Waals surface area contributed by atoms with Crippen LogP contribution in [0.2, 0.25) is 5.02 Å². The molecule has 1 heterocycles. The minimum atomic E-state index is 0.798. The topological polar surface area (TPSA) is 24.9 Å². The molecule has 0 fully saturated rings. The Kier molecular flexibility index (Phi) is 4.18. The molecule has 2 aromatic carbocycles. The van der Waals surface area contributed by atoms with Gasteiger partial charge in [0.1, 0.15) is 0 Å². The van der Waals surface area contributed by atoms with Gasteiger partial charge in [0.15, 0.2) is 0 Å². The Morgan fingerprint density at radius 3 is 2.86 bits per heavy atom. The van der Waals surface area contributed by atoms with Crippen molar-refractivity contribution >= 4 is 22.4 Å². The molecular weight excluding hydrogens is 280 g/mol. The van der Waals surface area contributed by atoms with E-state index in [2.05, 4.69) is 47.6 Å². The molecule has 21 heavy (non-hydrogen) atoms. The lowest BCUT2D eigenvalue weighted by Gasteiger charge is -2.10. The monoisotopic (exact) mass is 296 g/mol. The molecule has 1 N–H and O–H groups in total. The van der Waals surface area contributed by atoms with Gasteiger partial charge in [-0.15, -0.1) is 0 Å². The first kappa shape index (κ1) is 14.1. The van der Waals surface area contributed by atoms with Gasteiger partial charge in [0.05, 0.1) is 0 Å². The summed E-state index contributed by atoms with van der Waals surface area (Å²) in [6.07, 6.45) is 3.73. The van der Waals surface area contributed by atoms with E-state index in [1.54, 1.807) is 0 Å². The molecule has 0 aliphatic heterocycles. The van der Waals surface area contributed by atoms with E-state index in [1.165, 1.54) is 5.39 Å². The van der Waals surface area contributed by atoms with Crippen LogP contribution in [0.15, 0.2) is 54.9 Å². The Bertz CT molecular complexity index is 763. The summed E-state index contributed by atoms with van der Waals surface area (Å²) in [7, 11) is 0. The molecule has 0 amide bonds. The lowest BCUT2D eigenvalue weighted by atomic mass is 9.99. The van der Waals surface area contributed by atoms with E-state index in [4.69, 9.17) is 11.6 Å². The molecule has 0 bridgehead atoms. The molecule has 3 rings (SSSR count). The van der Waals surface area contributed by atoms with E-state index in [0.717, 1.165) is 40.2 Å². The van der Waals surface area contributed by atoms with Crippen LogP contribution in [0.1, 0.15) is 12.5 Å². The normalized spacial score (nSPS) is 11.0. The minimum absolute atomic E-state index is 0.798. The van der Waals surface area contributed by atoms with Crippen LogP contribution in [0.4, 0.5) is 0 Å². The Morgan fingerprint density at radius 1 is 1.14 bits per heavy atom. The van der Waals surface area contributed by atoms with Crippen molar-refractivity contribution in [2.45, 2.75) is 13.5 Å². The number of pyridine rings is 1. The van der Waals surface area contributed by atoms with Gasteiger partial charge in [-0.3, -0.25) is 4.98 Å². The molecule has 2 nitrogen and oxygen atoms in total. The molecular formula is C18H17ClN2. The van der Waals surface area contributed by atoms with Gasteiger partial charge in [0, 0.05) is 29.3 Å². The Labute approximate surface area is 129 Å². The lowest BCUT2D eigenvalue weighted by molar-refractivity contribution is 0.727. The third-order valence-corrected chi connectivity index (χ3v) is 3.97. The average molecular weight is 297 g/mol. The summed E-state index contributed by atoms with van der Waals surface area (Å²) in [4.78, 5) is 4.24. The van der Waals surface area contributed by atoms with Crippen LogP contribution < -0.4 is 5.32 Å². The van der Waals surface area contributed by atoms with Gasteiger partial charge in [-0.25, -0.2) is 0 Å². The maximum Gasteiger partial charge on any atom is 0.0457 e.